The van der Waals surface area contributed by atoms with Crippen molar-refractivity contribution in [1.29, 1.82) is 0 Å². The molecule has 3 atom stereocenters. The number of hydrogen-bond acceptors (Lipinski definition) is 7. The summed E-state index contributed by atoms with van der Waals surface area (Å²) in [5.74, 6) is -5.63. The normalized spacial score (nSPS) is 15.7. The van der Waals surface area contributed by atoms with Crippen molar-refractivity contribution < 1.29 is 39.0 Å². The lowest BCUT2D eigenvalue weighted by atomic mass is 10.1. The van der Waals surface area contributed by atoms with Gasteiger partial charge in [-0.05, 0) is 36.8 Å². The molecule has 1 saturated heterocycles. The molecule has 1 aliphatic rings. The van der Waals surface area contributed by atoms with E-state index >= 15 is 0 Å². The van der Waals surface area contributed by atoms with Crippen molar-refractivity contribution >= 4 is 41.7 Å². The summed E-state index contributed by atoms with van der Waals surface area (Å²) in [5.41, 5.74) is 12.0. The van der Waals surface area contributed by atoms with E-state index in [0.29, 0.717) is 19.3 Å². The molecule has 1 fully saturated rings. The van der Waals surface area contributed by atoms with Crippen molar-refractivity contribution in [3.8, 4) is 0 Å². The van der Waals surface area contributed by atoms with E-state index in [-0.39, 0.29) is 31.0 Å². The second-order valence-electron chi connectivity index (χ2n) is 10.4. The van der Waals surface area contributed by atoms with Crippen LogP contribution in [-0.2, 0) is 30.4 Å². The second-order valence-corrected chi connectivity index (χ2v) is 10.4. The van der Waals surface area contributed by atoms with E-state index in [4.69, 9.17) is 11.5 Å². The number of rotatable bonds is 17. The highest BCUT2D eigenvalue weighted by atomic mass is 16.4. The summed E-state index contributed by atoms with van der Waals surface area (Å²) in [6, 6.07) is 12.5. The highest BCUT2D eigenvalue weighted by molar-refractivity contribution is 6.06. The molecule has 0 bridgehead atoms. The maximum absolute atomic E-state index is 13.4. The lowest BCUT2D eigenvalue weighted by Gasteiger charge is -2.22. The molecule has 2 aromatic carbocycles. The van der Waals surface area contributed by atoms with Gasteiger partial charge in [0.2, 0.25) is 11.8 Å². The number of amides is 5. The molecule has 1 aliphatic heterocycles. The van der Waals surface area contributed by atoms with Crippen molar-refractivity contribution in [3.63, 3.8) is 0 Å². The van der Waals surface area contributed by atoms with Crippen molar-refractivity contribution in [3.05, 3.63) is 71.8 Å². The van der Waals surface area contributed by atoms with E-state index < -0.39 is 66.8 Å². The van der Waals surface area contributed by atoms with Crippen LogP contribution in [0.3, 0.4) is 0 Å². The van der Waals surface area contributed by atoms with Crippen LogP contribution in [0.25, 0.3) is 0 Å². The van der Waals surface area contributed by atoms with Gasteiger partial charge >= 0.3 is 18.0 Å². The van der Waals surface area contributed by atoms with E-state index in [1.807, 2.05) is 30.3 Å². The molecule has 45 heavy (non-hydrogen) atoms. The number of aryl methyl sites for hydroxylation is 1. The third-order valence-corrected chi connectivity index (χ3v) is 7.04. The minimum Gasteiger partial charge on any atom is -0.481 e. The number of carbonyl (C=O) groups is 6. The number of carbonyl (C=O) groups excluding carboxylic acids is 4. The fourth-order valence-corrected chi connectivity index (χ4v) is 4.91. The summed E-state index contributed by atoms with van der Waals surface area (Å²) in [6.07, 6.45) is 0.918. The summed E-state index contributed by atoms with van der Waals surface area (Å²) in [5, 5.41) is 23.5. The molecule has 15 heteroatoms. The molecule has 0 radical (unpaired) electrons. The molecule has 0 saturated carbocycles. The van der Waals surface area contributed by atoms with Gasteiger partial charge in [0.05, 0.1) is 6.42 Å². The summed E-state index contributed by atoms with van der Waals surface area (Å²) >= 11 is 0. The molecule has 0 spiro atoms. The number of benzene rings is 2. The quantitative estimate of drug-likeness (QED) is 0.0606. The van der Waals surface area contributed by atoms with Gasteiger partial charge in [-0.3, -0.25) is 29.1 Å². The minimum absolute atomic E-state index is 0.111. The van der Waals surface area contributed by atoms with Crippen LogP contribution < -0.4 is 22.1 Å². The van der Waals surface area contributed by atoms with Gasteiger partial charge in [0, 0.05) is 13.1 Å². The van der Waals surface area contributed by atoms with Crippen molar-refractivity contribution in [1.82, 2.24) is 20.4 Å². The molecule has 3 rings (SSSR count). The molecule has 1 heterocycles. The van der Waals surface area contributed by atoms with Crippen molar-refractivity contribution in [2.75, 3.05) is 19.6 Å². The van der Waals surface area contributed by atoms with Gasteiger partial charge in [-0.25, -0.2) is 9.59 Å². The number of carboxylic acid groups (broad SMARTS) is 2. The van der Waals surface area contributed by atoms with E-state index in [1.54, 1.807) is 18.2 Å². The Hall–Kier alpha value is -5.47. The smallest absolute Gasteiger partial charge is 0.330 e. The van der Waals surface area contributed by atoms with Crippen LogP contribution in [0.4, 0.5) is 4.79 Å². The Labute approximate surface area is 259 Å². The highest BCUT2D eigenvalue weighted by Crippen LogP contribution is 2.22. The zero-order valence-electron chi connectivity index (χ0n) is 24.5. The third-order valence-electron chi connectivity index (χ3n) is 7.04. The van der Waals surface area contributed by atoms with Crippen LogP contribution >= 0.6 is 0 Å². The van der Waals surface area contributed by atoms with Gasteiger partial charge in [-0.2, -0.15) is 0 Å². The first-order valence-corrected chi connectivity index (χ1v) is 14.3. The van der Waals surface area contributed by atoms with Crippen LogP contribution in [-0.4, -0.2) is 93.4 Å². The Bertz CT molecular complexity index is 1400. The molecule has 240 valence electrons. The second kappa shape index (κ2) is 16.4. The lowest BCUT2D eigenvalue weighted by molar-refractivity contribution is -0.143. The number of imide groups is 1. The number of guanidine groups is 1. The molecule has 3 unspecified atom stereocenters. The van der Waals surface area contributed by atoms with Crippen LogP contribution in [0.2, 0.25) is 0 Å². The highest BCUT2D eigenvalue weighted by Gasteiger charge is 2.45. The molecular formula is C30H37N7O8. The Kier molecular flexibility index (Phi) is 12.4. The van der Waals surface area contributed by atoms with Gasteiger partial charge < -0.3 is 37.2 Å². The topological polar surface area (TPSA) is 238 Å². The summed E-state index contributed by atoms with van der Waals surface area (Å²) < 4.78 is 0. The summed E-state index contributed by atoms with van der Waals surface area (Å²) in [7, 11) is 0. The van der Waals surface area contributed by atoms with Gasteiger partial charge in [-0.15, -0.1) is 0 Å². The fraction of sp³-hybridized carbons (Fsp3) is 0.367. The third kappa shape index (κ3) is 10.0. The number of carboxylic acids is 2. The molecular weight excluding hydrogens is 586 g/mol. The molecule has 0 aromatic heterocycles. The maximum Gasteiger partial charge on any atom is 0.330 e. The predicted octanol–water partition coefficient (Wildman–Crippen LogP) is 0.207. The van der Waals surface area contributed by atoms with Gasteiger partial charge in [-0.1, -0.05) is 60.7 Å². The molecule has 15 nitrogen and oxygen atoms in total. The van der Waals surface area contributed by atoms with E-state index in [1.165, 1.54) is 17.0 Å². The number of nitrogens with two attached hydrogens (primary N) is 2. The van der Waals surface area contributed by atoms with Crippen LogP contribution in [0, 0.1) is 0 Å². The Morgan fingerprint density at radius 3 is 2.16 bits per heavy atom. The number of aliphatic imine (C=N–C) groups is 1. The summed E-state index contributed by atoms with van der Waals surface area (Å²) in [6.45, 7) is -0.322. The van der Waals surface area contributed by atoms with Crippen LogP contribution in [0.1, 0.15) is 42.9 Å². The van der Waals surface area contributed by atoms with E-state index in [9.17, 15) is 39.0 Å². The predicted molar refractivity (Wildman–Crippen MR) is 161 cm³/mol. The molecule has 5 amide bonds. The number of urea groups is 1. The molecule has 8 N–H and O–H groups in total. The fourth-order valence-electron chi connectivity index (χ4n) is 4.91. The van der Waals surface area contributed by atoms with Gasteiger partial charge in [0.25, 0.3) is 5.91 Å². The largest absolute Gasteiger partial charge is 0.481 e. The number of hydrogen-bond donors (Lipinski definition) is 6. The Balaban J connectivity index is 1.71. The molecule has 2 aromatic rings. The van der Waals surface area contributed by atoms with E-state index in [2.05, 4.69) is 15.6 Å². The monoisotopic (exact) mass is 623 g/mol. The first-order chi connectivity index (χ1) is 21.5. The number of aliphatic carboxylic acids is 2. The zero-order valence-corrected chi connectivity index (χ0v) is 24.5. The summed E-state index contributed by atoms with van der Waals surface area (Å²) in [4.78, 5) is 82.1. The number of nitrogens with one attached hydrogen (secondary N) is 2. The standard InChI is InChI=1S/C30H37N7O8/c31-29(32)33-15-7-14-22-27(42)37(30(45)36(22)16-8-11-19-9-3-1-4-10-19)18-23(38)34-21(17-24(39)40)26(41)35-25(28(43)44)20-12-5-2-6-13-20/h1-6,9-10,12-13,21-22,25H,7-8,11,14-18H2,(H,34,38)(H,35,41)(H,39,40)(H,43,44)(H4,31,32,33). The van der Waals surface area contributed by atoms with Crippen molar-refractivity contribution in [2.45, 2.75) is 50.2 Å². The van der Waals surface area contributed by atoms with Gasteiger partial charge in [0.1, 0.15) is 18.6 Å². The van der Waals surface area contributed by atoms with Crippen LogP contribution in [0.15, 0.2) is 65.7 Å². The van der Waals surface area contributed by atoms with Gasteiger partial charge in [0.15, 0.2) is 12.0 Å². The average Bonchev–Trinajstić information content (AvgIpc) is 3.21. The van der Waals surface area contributed by atoms with Crippen molar-refractivity contribution in [2.24, 2.45) is 16.5 Å². The SMILES string of the molecule is NC(N)=NCCCC1C(=O)N(CC(=O)NC(CC(=O)O)C(=O)NC(C(=O)O)c2ccccc2)C(=O)N1CCCc1ccccc1. The number of nitrogens with zero attached hydrogens (tertiary/aromatic N) is 3. The average molecular weight is 624 g/mol. The van der Waals surface area contributed by atoms with E-state index in [0.717, 1.165) is 10.5 Å². The Morgan fingerprint density at radius 1 is 0.911 bits per heavy atom. The lowest BCUT2D eigenvalue weighted by Crippen LogP contribution is -2.52. The molecule has 0 aliphatic carbocycles. The minimum atomic E-state index is -1.69. The Morgan fingerprint density at radius 2 is 1.56 bits per heavy atom. The zero-order chi connectivity index (χ0) is 32.9. The first-order valence-electron chi connectivity index (χ1n) is 14.3. The maximum atomic E-state index is 13.4. The van der Waals surface area contributed by atoms with Crippen LogP contribution in [0.5, 0.6) is 0 Å². The first kappa shape index (κ1) is 34.0.